The molecule has 0 amide bonds. The molecule has 0 atom stereocenters. The van der Waals surface area contributed by atoms with Gasteiger partial charge in [-0.3, -0.25) is 4.98 Å². The van der Waals surface area contributed by atoms with Crippen LogP contribution < -0.4 is 14.2 Å². The van der Waals surface area contributed by atoms with Gasteiger partial charge in [0.05, 0.1) is 14.2 Å². The van der Waals surface area contributed by atoms with E-state index in [9.17, 15) is 12.8 Å². The summed E-state index contributed by atoms with van der Waals surface area (Å²) in [6.45, 7) is 0.127. The summed E-state index contributed by atoms with van der Waals surface area (Å²) in [4.78, 5) is 3.46. The molecular weight excluding hydrogens is 323 g/mol. The molecule has 0 unspecified atom stereocenters. The van der Waals surface area contributed by atoms with Crippen LogP contribution in [0.3, 0.4) is 0 Å². The molecule has 0 aliphatic carbocycles. The first-order valence-corrected chi connectivity index (χ1v) is 8.26. The third-order valence-electron chi connectivity index (χ3n) is 3.16. The molecule has 2 rings (SSSR count). The van der Waals surface area contributed by atoms with Crippen molar-refractivity contribution >= 4 is 10.0 Å². The molecule has 0 bridgehead atoms. The summed E-state index contributed by atoms with van der Waals surface area (Å²) in [6.07, 6.45) is 3.72. The summed E-state index contributed by atoms with van der Waals surface area (Å²) >= 11 is 0. The molecule has 0 aliphatic rings. The van der Waals surface area contributed by atoms with Crippen LogP contribution in [0.25, 0.3) is 0 Å². The molecule has 1 aromatic carbocycles. The van der Waals surface area contributed by atoms with Crippen LogP contribution in [0.2, 0.25) is 0 Å². The number of rotatable bonds is 7. The quantitative estimate of drug-likeness (QED) is 0.831. The Labute approximate surface area is 134 Å². The van der Waals surface area contributed by atoms with Crippen LogP contribution in [-0.4, -0.2) is 34.2 Å². The minimum atomic E-state index is -4.00. The first-order valence-electron chi connectivity index (χ1n) is 6.78. The largest absolute Gasteiger partial charge is 0.493 e. The maximum Gasteiger partial charge on any atom is 0.243 e. The highest BCUT2D eigenvalue weighted by molar-refractivity contribution is 7.89. The third kappa shape index (κ3) is 4.17. The van der Waals surface area contributed by atoms with Gasteiger partial charge in [0.1, 0.15) is 10.7 Å². The molecule has 2 aromatic rings. The van der Waals surface area contributed by atoms with Crippen LogP contribution in [-0.2, 0) is 16.4 Å². The zero-order chi connectivity index (χ0) is 16.9. The molecule has 8 heteroatoms. The minimum Gasteiger partial charge on any atom is -0.493 e. The normalized spacial score (nSPS) is 11.3. The lowest BCUT2D eigenvalue weighted by Gasteiger charge is -2.12. The van der Waals surface area contributed by atoms with Crippen LogP contribution in [0, 0.1) is 5.82 Å². The van der Waals surface area contributed by atoms with Gasteiger partial charge in [-0.2, -0.15) is 0 Å². The van der Waals surface area contributed by atoms with E-state index in [1.807, 2.05) is 6.07 Å². The molecular formula is C15H17FN2O4S. The molecule has 23 heavy (non-hydrogen) atoms. The number of nitrogens with zero attached hydrogens (tertiary/aromatic N) is 1. The van der Waals surface area contributed by atoms with Gasteiger partial charge in [0.2, 0.25) is 10.0 Å². The zero-order valence-electron chi connectivity index (χ0n) is 12.7. The predicted molar refractivity (Wildman–Crippen MR) is 82.6 cm³/mol. The van der Waals surface area contributed by atoms with Gasteiger partial charge in [-0.25, -0.2) is 17.5 Å². The Morgan fingerprint density at radius 2 is 1.91 bits per heavy atom. The number of aromatic nitrogens is 1. The number of pyridine rings is 1. The van der Waals surface area contributed by atoms with E-state index in [1.165, 1.54) is 14.2 Å². The van der Waals surface area contributed by atoms with Gasteiger partial charge in [0.25, 0.3) is 0 Å². The van der Waals surface area contributed by atoms with Crippen LogP contribution in [0.4, 0.5) is 4.39 Å². The standard InChI is InChI=1S/C15H17FN2O4S/c1-21-13-8-12(16)15(9-14(13)22-2)23(19,20)18-7-5-11-4-3-6-17-10-11/h3-4,6,8-10,18H,5,7H2,1-2H3. The average Bonchev–Trinajstić information content (AvgIpc) is 2.55. The fourth-order valence-corrected chi connectivity index (χ4v) is 3.10. The van der Waals surface area contributed by atoms with E-state index in [4.69, 9.17) is 9.47 Å². The monoisotopic (exact) mass is 340 g/mol. The molecule has 1 aromatic heterocycles. The molecule has 0 spiro atoms. The van der Waals surface area contributed by atoms with Gasteiger partial charge in [-0.1, -0.05) is 6.07 Å². The number of hydrogen-bond acceptors (Lipinski definition) is 5. The van der Waals surface area contributed by atoms with Gasteiger partial charge in [-0.05, 0) is 18.1 Å². The van der Waals surface area contributed by atoms with E-state index in [2.05, 4.69) is 9.71 Å². The van der Waals surface area contributed by atoms with Crippen LogP contribution in [0.15, 0.2) is 41.6 Å². The molecule has 6 nitrogen and oxygen atoms in total. The van der Waals surface area contributed by atoms with Gasteiger partial charge in [-0.15, -0.1) is 0 Å². The summed E-state index contributed by atoms with van der Waals surface area (Å²) in [5, 5.41) is 0. The average molecular weight is 340 g/mol. The molecule has 124 valence electrons. The highest BCUT2D eigenvalue weighted by atomic mass is 32.2. The fourth-order valence-electron chi connectivity index (χ4n) is 1.99. The molecule has 0 radical (unpaired) electrons. The lowest BCUT2D eigenvalue weighted by molar-refractivity contribution is 0.350. The molecule has 1 N–H and O–H groups in total. The maximum atomic E-state index is 14.0. The zero-order valence-corrected chi connectivity index (χ0v) is 13.6. The van der Waals surface area contributed by atoms with Crippen molar-refractivity contribution in [3.05, 3.63) is 48.0 Å². The number of benzene rings is 1. The van der Waals surface area contributed by atoms with E-state index in [1.54, 1.807) is 18.5 Å². The number of halogens is 1. The van der Waals surface area contributed by atoms with E-state index in [0.717, 1.165) is 17.7 Å². The fraction of sp³-hybridized carbons (Fsp3) is 0.267. The molecule has 1 heterocycles. The van der Waals surface area contributed by atoms with Crippen LogP contribution in [0.5, 0.6) is 11.5 Å². The van der Waals surface area contributed by atoms with E-state index < -0.39 is 20.7 Å². The highest BCUT2D eigenvalue weighted by Gasteiger charge is 2.22. The second kappa shape index (κ2) is 7.38. The Morgan fingerprint density at radius 1 is 1.22 bits per heavy atom. The first kappa shape index (κ1) is 17.2. The molecule has 0 saturated carbocycles. The lowest BCUT2D eigenvalue weighted by atomic mass is 10.2. The second-order valence-electron chi connectivity index (χ2n) is 4.65. The Hall–Kier alpha value is -2.19. The summed E-state index contributed by atoms with van der Waals surface area (Å²) < 4.78 is 50.8. The van der Waals surface area contributed by atoms with Crippen molar-refractivity contribution in [2.45, 2.75) is 11.3 Å². The van der Waals surface area contributed by atoms with Crippen molar-refractivity contribution < 1.29 is 22.3 Å². The number of hydrogen-bond donors (Lipinski definition) is 1. The van der Waals surface area contributed by atoms with E-state index >= 15 is 0 Å². The Kier molecular flexibility index (Phi) is 5.51. The topological polar surface area (TPSA) is 77.5 Å². The maximum absolute atomic E-state index is 14.0. The minimum absolute atomic E-state index is 0.124. The third-order valence-corrected chi connectivity index (χ3v) is 4.63. The Balaban J connectivity index is 2.16. The van der Waals surface area contributed by atoms with Crippen molar-refractivity contribution in [2.75, 3.05) is 20.8 Å². The van der Waals surface area contributed by atoms with Crippen LogP contribution in [0.1, 0.15) is 5.56 Å². The van der Waals surface area contributed by atoms with Crippen molar-refractivity contribution in [3.8, 4) is 11.5 Å². The Bertz CT molecular complexity index is 767. The molecule has 0 aliphatic heterocycles. The number of methoxy groups -OCH3 is 2. The summed E-state index contributed by atoms with van der Waals surface area (Å²) in [5.41, 5.74) is 0.878. The molecule has 0 saturated heterocycles. The van der Waals surface area contributed by atoms with E-state index in [-0.39, 0.29) is 18.0 Å². The van der Waals surface area contributed by atoms with Crippen molar-refractivity contribution in [1.82, 2.24) is 9.71 Å². The number of nitrogens with one attached hydrogen (secondary N) is 1. The highest BCUT2D eigenvalue weighted by Crippen LogP contribution is 2.31. The lowest BCUT2D eigenvalue weighted by Crippen LogP contribution is -2.27. The number of ether oxygens (including phenoxy) is 2. The first-order chi connectivity index (χ1) is 11.0. The van der Waals surface area contributed by atoms with Gasteiger partial charge in [0.15, 0.2) is 11.5 Å². The summed E-state index contributed by atoms with van der Waals surface area (Å²) in [5.74, 6) is -0.641. The van der Waals surface area contributed by atoms with Gasteiger partial charge < -0.3 is 9.47 Å². The van der Waals surface area contributed by atoms with Crippen molar-refractivity contribution in [3.63, 3.8) is 0 Å². The SMILES string of the molecule is COc1cc(F)c(S(=O)(=O)NCCc2cccnc2)cc1OC. The number of sulfonamides is 1. The van der Waals surface area contributed by atoms with Crippen molar-refractivity contribution in [1.29, 1.82) is 0 Å². The van der Waals surface area contributed by atoms with Gasteiger partial charge in [0, 0.05) is 31.1 Å². The smallest absolute Gasteiger partial charge is 0.243 e. The Morgan fingerprint density at radius 3 is 2.52 bits per heavy atom. The van der Waals surface area contributed by atoms with Crippen molar-refractivity contribution in [2.24, 2.45) is 0 Å². The van der Waals surface area contributed by atoms with Gasteiger partial charge >= 0.3 is 0 Å². The predicted octanol–water partition coefficient (Wildman–Crippen LogP) is 1.76. The second-order valence-corrected chi connectivity index (χ2v) is 6.38. The van der Waals surface area contributed by atoms with Crippen LogP contribution >= 0.6 is 0 Å². The summed E-state index contributed by atoms with van der Waals surface area (Å²) in [6, 6.07) is 5.67. The molecule has 0 fully saturated rings. The van der Waals surface area contributed by atoms with E-state index in [0.29, 0.717) is 6.42 Å². The summed E-state index contributed by atoms with van der Waals surface area (Å²) in [7, 11) is -1.31.